The van der Waals surface area contributed by atoms with Crippen molar-refractivity contribution in [3.05, 3.63) is 71.0 Å². The summed E-state index contributed by atoms with van der Waals surface area (Å²) in [4.78, 5) is 25.8. The first-order chi connectivity index (χ1) is 13.3. The summed E-state index contributed by atoms with van der Waals surface area (Å²) >= 11 is 0. The van der Waals surface area contributed by atoms with Gasteiger partial charge >= 0.3 is 6.03 Å². The molecule has 0 aliphatic heterocycles. The Morgan fingerprint density at radius 3 is 2.32 bits per heavy atom. The first-order valence-corrected chi connectivity index (χ1v) is 8.81. The van der Waals surface area contributed by atoms with E-state index in [0.29, 0.717) is 5.56 Å². The van der Waals surface area contributed by atoms with Crippen molar-refractivity contribution in [2.45, 2.75) is 26.4 Å². The van der Waals surface area contributed by atoms with Gasteiger partial charge in [-0.1, -0.05) is 18.2 Å². The number of benzene rings is 2. The first kappa shape index (κ1) is 21.3. The standard InChI is InChI=1S/C20H22F3N3O2/c1-3-26(12-19(27)24-11-14-4-7-16(21)8-5-14)20(28)25-13(2)15-6-9-17(22)18(23)10-15/h4-10,13H,3,11-12H2,1-2H3,(H,24,27)(H,25,28). The van der Waals surface area contributed by atoms with Crippen molar-refractivity contribution in [3.8, 4) is 0 Å². The van der Waals surface area contributed by atoms with E-state index in [9.17, 15) is 22.8 Å². The van der Waals surface area contributed by atoms with Crippen molar-refractivity contribution < 1.29 is 22.8 Å². The van der Waals surface area contributed by atoms with Gasteiger partial charge in [-0.25, -0.2) is 18.0 Å². The summed E-state index contributed by atoms with van der Waals surface area (Å²) in [6.07, 6.45) is 0. The number of likely N-dealkylation sites (N-methyl/N-ethyl adjacent to an activating group) is 1. The maximum Gasteiger partial charge on any atom is 0.318 e. The Bertz CT molecular complexity index is 828. The van der Waals surface area contributed by atoms with Crippen molar-refractivity contribution in [1.29, 1.82) is 0 Å². The van der Waals surface area contributed by atoms with Crippen LogP contribution in [0.3, 0.4) is 0 Å². The number of carbonyl (C=O) groups excluding carboxylic acids is 2. The molecular formula is C20H22F3N3O2. The highest BCUT2D eigenvalue weighted by Crippen LogP contribution is 2.16. The number of carbonyl (C=O) groups is 2. The topological polar surface area (TPSA) is 61.4 Å². The van der Waals surface area contributed by atoms with Gasteiger partial charge in [0, 0.05) is 13.1 Å². The Hall–Kier alpha value is -3.03. The van der Waals surface area contributed by atoms with Crippen LogP contribution in [0.15, 0.2) is 42.5 Å². The van der Waals surface area contributed by atoms with Gasteiger partial charge in [-0.3, -0.25) is 4.79 Å². The Labute approximate surface area is 161 Å². The molecule has 28 heavy (non-hydrogen) atoms. The second-order valence-electron chi connectivity index (χ2n) is 6.26. The monoisotopic (exact) mass is 393 g/mol. The van der Waals surface area contributed by atoms with Crippen molar-refractivity contribution >= 4 is 11.9 Å². The summed E-state index contributed by atoms with van der Waals surface area (Å²) in [5, 5.41) is 5.32. The highest BCUT2D eigenvalue weighted by atomic mass is 19.2. The SMILES string of the molecule is CCN(CC(=O)NCc1ccc(F)cc1)C(=O)NC(C)c1ccc(F)c(F)c1. The third-order valence-corrected chi connectivity index (χ3v) is 4.19. The Kier molecular flexibility index (Phi) is 7.43. The van der Waals surface area contributed by atoms with Gasteiger partial charge in [0.05, 0.1) is 6.04 Å². The van der Waals surface area contributed by atoms with Gasteiger partial charge in [0.2, 0.25) is 5.91 Å². The van der Waals surface area contributed by atoms with E-state index < -0.39 is 23.7 Å². The summed E-state index contributed by atoms with van der Waals surface area (Å²) in [6.45, 7) is 3.67. The van der Waals surface area contributed by atoms with Crippen LogP contribution in [0.2, 0.25) is 0 Å². The summed E-state index contributed by atoms with van der Waals surface area (Å²) in [5.41, 5.74) is 1.14. The van der Waals surface area contributed by atoms with E-state index in [1.165, 1.54) is 23.1 Å². The van der Waals surface area contributed by atoms with Crippen LogP contribution in [0.1, 0.15) is 31.0 Å². The van der Waals surface area contributed by atoms with E-state index in [1.54, 1.807) is 26.0 Å². The second kappa shape index (κ2) is 9.77. The van der Waals surface area contributed by atoms with Crippen LogP contribution in [0.25, 0.3) is 0 Å². The quantitative estimate of drug-likeness (QED) is 0.756. The molecular weight excluding hydrogens is 371 g/mol. The molecule has 2 N–H and O–H groups in total. The molecule has 0 saturated heterocycles. The van der Waals surface area contributed by atoms with Gasteiger partial charge in [0.15, 0.2) is 11.6 Å². The number of rotatable bonds is 7. The van der Waals surface area contributed by atoms with Crippen molar-refractivity contribution in [1.82, 2.24) is 15.5 Å². The zero-order valence-corrected chi connectivity index (χ0v) is 15.6. The molecule has 0 spiro atoms. The molecule has 0 saturated carbocycles. The lowest BCUT2D eigenvalue weighted by Crippen LogP contribution is -2.45. The molecule has 0 heterocycles. The molecule has 0 aliphatic rings. The maximum atomic E-state index is 13.3. The normalized spacial score (nSPS) is 11.6. The number of nitrogens with one attached hydrogen (secondary N) is 2. The molecule has 0 radical (unpaired) electrons. The zero-order valence-electron chi connectivity index (χ0n) is 15.6. The molecule has 0 fully saturated rings. The van der Waals surface area contributed by atoms with Gasteiger partial charge in [-0.15, -0.1) is 0 Å². The van der Waals surface area contributed by atoms with E-state index in [1.807, 2.05) is 0 Å². The van der Waals surface area contributed by atoms with E-state index in [0.717, 1.165) is 17.7 Å². The van der Waals surface area contributed by atoms with Crippen LogP contribution < -0.4 is 10.6 Å². The van der Waals surface area contributed by atoms with Crippen LogP contribution in [-0.2, 0) is 11.3 Å². The molecule has 0 bridgehead atoms. The molecule has 3 amide bonds. The third kappa shape index (κ3) is 6.00. The number of amides is 3. The number of hydrogen-bond acceptors (Lipinski definition) is 2. The Balaban J connectivity index is 1.88. The largest absolute Gasteiger partial charge is 0.350 e. The fourth-order valence-electron chi connectivity index (χ4n) is 2.50. The minimum atomic E-state index is -0.994. The summed E-state index contributed by atoms with van der Waals surface area (Å²) in [6, 6.07) is 8.04. The van der Waals surface area contributed by atoms with Crippen LogP contribution in [-0.4, -0.2) is 29.9 Å². The van der Waals surface area contributed by atoms with E-state index in [2.05, 4.69) is 10.6 Å². The minimum Gasteiger partial charge on any atom is -0.350 e. The van der Waals surface area contributed by atoms with E-state index >= 15 is 0 Å². The van der Waals surface area contributed by atoms with E-state index in [-0.39, 0.29) is 31.4 Å². The number of urea groups is 1. The highest BCUT2D eigenvalue weighted by molar-refractivity contribution is 5.84. The second-order valence-corrected chi connectivity index (χ2v) is 6.26. The van der Waals surface area contributed by atoms with Gasteiger partial charge in [-0.2, -0.15) is 0 Å². The summed E-state index contributed by atoms with van der Waals surface area (Å²) < 4.78 is 39.3. The average Bonchev–Trinajstić information content (AvgIpc) is 2.67. The number of halogens is 3. The van der Waals surface area contributed by atoms with E-state index in [4.69, 9.17) is 0 Å². The molecule has 2 aromatic carbocycles. The van der Waals surface area contributed by atoms with Gasteiger partial charge in [0.25, 0.3) is 0 Å². The van der Waals surface area contributed by atoms with Gasteiger partial charge in [-0.05, 0) is 49.2 Å². The first-order valence-electron chi connectivity index (χ1n) is 8.81. The molecule has 2 rings (SSSR count). The zero-order chi connectivity index (χ0) is 20.7. The number of nitrogens with zero attached hydrogens (tertiary/aromatic N) is 1. The molecule has 1 unspecified atom stereocenters. The fourth-order valence-corrected chi connectivity index (χ4v) is 2.50. The smallest absolute Gasteiger partial charge is 0.318 e. The predicted molar refractivity (Wildman–Crippen MR) is 98.8 cm³/mol. The van der Waals surface area contributed by atoms with Crippen molar-refractivity contribution in [2.75, 3.05) is 13.1 Å². The summed E-state index contributed by atoms with van der Waals surface area (Å²) in [7, 11) is 0. The van der Waals surface area contributed by atoms with Crippen molar-refractivity contribution in [2.24, 2.45) is 0 Å². The Morgan fingerprint density at radius 2 is 1.71 bits per heavy atom. The molecule has 1 atom stereocenters. The Morgan fingerprint density at radius 1 is 1.04 bits per heavy atom. The number of hydrogen-bond donors (Lipinski definition) is 2. The molecule has 2 aromatic rings. The molecule has 0 aromatic heterocycles. The van der Waals surface area contributed by atoms with Crippen LogP contribution in [0.4, 0.5) is 18.0 Å². The lowest BCUT2D eigenvalue weighted by atomic mass is 10.1. The molecule has 8 heteroatoms. The van der Waals surface area contributed by atoms with Crippen LogP contribution >= 0.6 is 0 Å². The molecule has 0 aliphatic carbocycles. The van der Waals surface area contributed by atoms with Crippen molar-refractivity contribution in [3.63, 3.8) is 0 Å². The maximum absolute atomic E-state index is 13.3. The predicted octanol–water partition coefficient (Wildman–Crippen LogP) is 3.51. The molecule has 150 valence electrons. The average molecular weight is 393 g/mol. The van der Waals surface area contributed by atoms with Gasteiger partial charge in [0.1, 0.15) is 12.4 Å². The van der Waals surface area contributed by atoms with Crippen LogP contribution in [0.5, 0.6) is 0 Å². The third-order valence-electron chi connectivity index (χ3n) is 4.19. The highest BCUT2D eigenvalue weighted by Gasteiger charge is 2.18. The minimum absolute atomic E-state index is 0.173. The summed E-state index contributed by atoms with van der Waals surface area (Å²) in [5.74, 6) is -2.69. The molecule has 5 nitrogen and oxygen atoms in total. The lowest BCUT2D eigenvalue weighted by molar-refractivity contribution is -0.121. The van der Waals surface area contributed by atoms with Gasteiger partial charge < -0.3 is 15.5 Å². The van der Waals surface area contributed by atoms with Crippen LogP contribution in [0, 0.1) is 17.5 Å². The fraction of sp³-hybridized carbons (Fsp3) is 0.300. The lowest BCUT2D eigenvalue weighted by Gasteiger charge is -2.24.